The second-order valence-electron chi connectivity index (χ2n) is 6.25. The van der Waals surface area contributed by atoms with E-state index < -0.39 is 36.1 Å². The number of amides is 2. The molecular weight excluding hydrogens is 350 g/mol. The monoisotopic (exact) mass is 374 g/mol. The summed E-state index contributed by atoms with van der Waals surface area (Å²) in [5, 5.41) is 14.9. The molecule has 0 radical (unpaired) electrons. The summed E-state index contributed by atoms with van der Waals surface area (Å²) in [4.78, 5) is 27.1. The van der Waals surface area contributed by atoms with Crippen LogP contribution in [-0.2, 0) is 4.74 Å². The lowest BCUT2D eigenvalue weighted by Crippen LogP contribution is -2.45. The fourth-order valence-electron chi connectivity index (χ4n) is 2.64. The lowest BCUT2D eigenvalue weighted by Gasteiger charge is -2.20. The number of nitrogens with one attached hydrogen (secondary N) is 2. The van der Waals surface area contributed by atoms with Crippen molar-refractivity contribution in [3.8, 4) is 0 Å². The van der Waals surface area contributed by atoms with Gasteiger partial charge in [-0.2, -0.15) is 13.8 Å². The first-order valence-corrected chi connectivity index (χ1v) is 8.56. The van der Waals surface area contributed by atoms with Gasteiger partial charge in [-0.3, -0.25) is 4.57 Å². The molecule has 10 heteroatoms. The summed E-state index contributed by atoms with van der Waals surface area (Å²) in [6.45, 7) is 3.74. The van der Waals surface area contributed by atoms with Gasteiger partial charge in [0.05, 0.1) is 0 Å². The maximum absolute atomic E-state index is 14.3. The SMILES string of the molecule is CCCCCNC(=O)NC[C@H]1O[C@@H](n2ccc(C)nc2=O)C(F)(F)[C@@H]1O. The molecule has 0 aliphatic carbocycles. The van der Waals surface area contributed by atoms with E-state index in [4.69, 9.17) is 4.74 Å². The number of aliphatic hydroxyl groups is 1. The molecule has 1 saturated heterocycles. The van der Waals surface area contributed by atoms with Crippen molar-refractivity contribution in [1.82, 2.24) is 20.2 Å². The van der Waals surface area contributed by atoms with E-state index in [1.54, 1.807) is 6.92 Å². The van der Waals surface area contributed by atoms with E-state index in [1.807, 2.05) is 6.92 Å². The molecule has 0 aromatic carbocycles. The zero-order valence-corrected chi connectivity index (χ0v) is 14.7. The summed E-state index contributed by atoms with van der Waals surface area (Å²) < 4.78 is 34.5. The van der Waals surface area contributed by atoms with Crippen LogP contribution in [0.2, 0.25) is 0 Å². The Morgan fingerprint density at radius 1 is 1.42 bits per heavy atom. The quantitative estimate of drug-likeness (QED) is 0.616. The van der Waals surface area contributed by atoms with Crippen molar-refractivity contribution >= 4 is 6.03 Å². The van der Waals surface area contributed by atoms with Gasteiger partial charge in [-0.15, -0.1) is 0 Å². The van der Waals surface area contributed by atoms with Crippen LogP contribution < -0.4 is 16.3 Å². The van der Waals surface area contributed by atoms with Crippen LogP contribution in [0.25, 0.3) is 0 Å². The maximum atomic E-state index is 14.3. The zero-order valence-electron chi connectivity index (χ0n) is 14.7. The first-order chi connectivity index (χ1) is 12.3. The first-order valence-electron chi connectivity index (χ1n) is 8.56. The normalized spacial score (nSPS) is 24.4. The fraction of sp³-hybridized carbons (Fsp3) is 0.688. The number of nitrogens with zero attached hydrogens (tertiary/aromatic N) is 2. The summed E-state index contributed by atoms with van der Waals surface area (Å²) in [6, 6.07) is 0.862. The number of unbranched alkanes of at least 4 members (excludes halogenated alkanes) is 2. The first kappa shape index (κ1) is 20.2. The molecule has 8 nitrogen and oxygen atoms in total. The molecule has 0 bridgehead atoms. The lowest BCUT2D eigenvalue weighted by molar-refractivity contribution is -0.140. The third-order valence-corrected chi connectivity index (χ3v) is 4.13. The molecule has 1 aliphatic heterocycles. The number of rotatable bonds is 7. The van der Waals surface area contributed by atoms with Crippen LogP contribution in [0.4, 0.5) is 13.6 Å². The largest absolute Gasteiger partial charge is 0.384 e. The summed E-state index contributed by atoms with van der Waals surface area (Å²) in [5.74, 6) is -3.70. The number of hydrogen-bond acceptors (Lipinski definition) is 5. The van der Waals surface area contributed by atoms with Gasteiger partial charge < -0.3 is 20.5 Å². The highest BCUT2D eigenvalue weighted by Gasteiger charge is 2.59. The zero-order chi connectivity index (χ0) is 19.3. The Kier molecular flexibility index (Phi) is 6.65. The molecule has 146 valence electrons. The highest BCUT2D eigenvalue weighted by molar-refractivity contribution is 5.73. The van der Waals surface area contributed by atoms with Gasteiger partial charge in [0.15, 0.2) is 6.10 Å². The van der Waals surface area contributed by atoms with Crippen LogP contribution >= 0.6 is 0 Å². The minimum absolute atomic E-state index is 0.319. The van der Waals surface area contributed by atoms with Gasteiger partial charge in [-0.05, 0) is 19.4 Å². The fourth-order valence-corrected chi connectivity index (χ4v) is 2.64. The number of ether oxygens (including phenoxy) is 1. The number of aryl methyl sites for hydroxylation is 1. The van der Waals surface area contributed by atoms with Gasteiger partial charge in [0, 0.05) is 25.0 Å². The summed E-state index contributed by atoms with van der Waals surface area (Å²) >= 11 is 0. The molecule has 1 aliphatic rings. The van der Waals surface area contributed by atoms with Crippen molar-refractivity contribution in [2.45, 2.75) is 57.5 Å². The van der Waals surface area contributed by atoms with E-state index in [9.17, 15) is 23.5 Å². The molecule has 3 atom stereocenters. The number of carbonyl (C=O) groups excluding carboxylic acids is 1. The molecule has 1 aromatic rings. The van der Waals surface area contributed by atoms with Gasteiger partial charge in [0.25, 0.3) is 0 Å². The summed E-state index contributed by atoms with van der Waals surface area (Å²) in [7, 11) is 0. The molecular formula is C16H24F2N4O4. The number of hydrogen-bond donors (Lipinski definition) is 3. The summed E-state index contributed by atoms with van der Waals surface area (Å²) in [6.07, 6.45) is -1.57. The van der Waals surface area contributed by atoms with Crippen molar-refractivity contribution in [2.75, 3.05) is 13.1 Å². The number of halogens is 2. The standard InChI is InChI=1S/C16H24F2N4O4/c1-3-4-5-7-19-14(24)20-9-11-12(23)16(17,18)13(26-11)22-8-6-10(2)21-15(22)25/h6,8,11-13,23H,3-5,7,9H2,1-2H3,(H2,19,20,24)/t11-,12-,13-/m1/s1. The Morgan fingerprint density at radius 2 is 2.15 bits per heavy atom. The maximum Gasteiger partial charge on any atom is 0.350 e. The number of carbonyl (C=O) groups is 1. The summed E-state index contributed by atoms with van der Waals surface area (Å²) in [5.41, 5.74) is -0.518. The molecule has 0 spiro atoms. The molecule has 0 saturated carbocycles. The van der Waals surface area contributed by atoms with Crippen LogP contribution in [0, 0.1) is 6.92 Å². The second kappa shape index (κ2) is 8.54. The molecule has 1 fully saturated rings. The lowest BCUT2D eigenvalue weighted by atomic mass is 10.1. The second-order valence-corrected chi connectivity index (χ2v) is 6.25. The molecule has 2 amide bonds. The minimum Gasteiger partial charge on any atom is -0.384 e. The van der Waals surface area contributed by atoms with Gasteiger partial charge in [-0.1, -0.05) is 19.8 Å². The third-order valence-electron chi connectivity index (χ3n) is 4.13. The molecule has 1 aromatic heterocycles. The molecule has 2 heterocycles. The van der Waals surface area contributed by atoms with Crippen molar-refractivity contribution in [3.63, 3.8) is 0 Å². The van der Waals surface area contributed by atoms with Gasteiger partial charge in [0.1, 0.15) is 6.10 Å². The van der Waals surface area contributed by atoms with Gasteiger partial charge in [-0.25, -0.2) is 9.59 Å². The van der Waals surface area contributed by atoms with Crippen LogP contribution in [0.3, 0.4) is 0 Å². The van der Waals surface area contributed by atoms with Gasteiger partial charge >= 0.3 is 17.6 Å². The Hall–Kier alpha value is -2.07. The molecule has 3 N–H and O–H groups in total. The molecule has 26 heavy (non-hydrogen) atoms. The Bertz CT molecular complexity index is 682. The van der Waals surface area contributed by atoms with E-state index >= 15 is 0 Å². The Balaban J connectivity index is 1.97. The number of aliphatic hydroxyl groups excluding tert-OH is 1. The number of urea groups is 1. The average Bonchev–Trinajstić information content (AvgIpc) is 2.80. The van der Waals surface area contributed by atoms with Crippen molar-refractivity contribution in [2.24, 2.45) is 0 Å². The Labute approximate surface area is 149 Å². The predicted molar refractivity (Wildman–Crippen MR) is 89.0 cm³/mol. The van der Waals surface area contributed by atoms with Crippen LogP contribution in [-0.4, -0.2) is 51.9 Å². The molecule has 0 unspecified atom stereocenters. The van der Waals surface area contributed by atoms with E-state index in [-0.39, 0.29) is 6.54 Å². The van der Waals surface area contributed by atoms with E-state index in [1.165, 1.54) is 6.07 Å². The van der Waals surface area contributed by atoms with E-state index in [0.717, 1.165) is 25.5 Å². The average molecular weight is 374 g/mol. The van der Waals surface area contributed by atoms with Crippen molar-refractivity contribution in [3.05, 3.63) is 28.4 Å². The van der Waals surface area contributed by atoms with Gasteiger partial charge in [0.2, 0.25) is 6.23 Å². The third kappa shape index (κ3) is 4.55. The highest BCUT2D eigenvalue weighted by Crippen LogP contribution is 2.41. The Morgan fingerprint density at radius 3 is 2.81 bits per heavy atom. The van der Waals surface area contributed by atoms with Crippen LogP contribution in [0.1, 0.15) is 38.1 Å². The highest BCUT2D eigenvalue weighted by atomic mass is 19.3. The predicted octanol–water partition coefficient (Wildman–Crippen LogP) is 0.935. The van der Waals surface area contributed by atoms with Crippen LogP contribution in [0.15, 0.2) is 17.1 Å². The van der Waals surface area contributed by atoms with E-state index in [0.29, 0.717) is 16.8 Å². The van der Waals surface area contributed by atoms with E-state index in [2.05, 4.69) is 15.6 Å². The van der Waals surface area contributed by atoms with Crippen LogP contribution in [0.5, 0.6) is 0 Å². The van der Waals surface area contributed by atoms with Crippen molar-refractivity contribution < 1.29 is 23.4 Å². The van der Waals surface area contributed by atoms with Crippen molar-refractivity contribution in [1.29, 1.82) is 0 Å². The smallest absolute Gasteiger partial charge is 0.350 e. The number of aromatic nitrogens is 2. The minimum atomic E-state index is -3.70. The molecule has 2 rings (SSSR count). The number of alkyl halides is 2. The topological polar surface area (TPSA) is 105 Å².